The van der Waals surface area contributed by atoms with Gasteiger partial charge in [-0.3, -0.25) is 9.59 Å². The first-order chi connectivity index (χ1) is 8.69. The van der Waals surface area contributed by atoms with E-state index in [1.165, 1.54) is 0 Å². The van der Waals surface area contributed by atoms with Gasteiger partial charge < -0.3 is 15.7 Å². The molecule has 3 N–H and O–H groups in total. The molecular weight excluding hydrogens is 244 g/mol. The van der Waals surface area contributed by atoms with Crippen molar-refractivity contribution in [2.24, 2.45) is 10.8 Å². The molecule has 5 heteroatoms. The van der Waals surface area contributed by atoms with Crippen LogP contribution in [-0.4, -0.2) is 36.1 Å². The Morgan fingerprint density at radius 1 is 1.37 bits per heavy atom. The van der Waals surface area contributed by atoms with Crippen LogP contribution < -0.4 is 10.6 Å². The van der Waals surface area contributed by atoms with E-state index in [1.54, 1.807) is 20.8 Å². The molecule has 1 fully saturated rings. The number of aliphatic hydroxyl groups is 1. The van der Waals surface area contributed by atoms with E-state index in [0.717, 1.165) is 19.3 Å². The van der Waals surface area contributed by atoms with Crippen LogP contribution in [0.2, 0.25) is 0 Å². The summed E-state index contributed by atoms with van der Waals surface area (Å²) < 4.78 is 0. The molecule has 1 rings (SSSR count). The molecule has 0 spiro atoms. The van der Waals surface area contributed by atoms with Gasteiger partial charge >= 0.3 is 0 Å². The van der Waals surface area contributed by atoms with Gasteiger partial charge in [0.1, 0.15) is 0 Å². The van der Waals surface area contributed by atoms with Gasteiger partial charge in [-0.05, 0) is 12.8 Å². The van der Waals surface area contributed by atoms with Crippen LogP contribution >= 0.6 is 0 Å². The minimum absolute atomic E-state index is 0.00320. The zero-order valence-corrected chi connectivity index (χ0v) is 12.4. The second kappa shape index (κ2) is 5.90. The lowest BCUT2D eigenvalue weighted by Crippen LogP contribution is -2.49. The monoisotopic (exact) mass is 270 g/mol. The fourth-order valence-corrected chi connectivity index (χ4v) is 2.34. The van der Waals surface area contributed by atoms with Gasteiger partial charge in [0.2, 0.25) is 11.8 Å². The van der Waals surface area contributed by atoms with Crippen LogP contribution in [0, 0.1) is 10.8 Å². The van der Waals surface area contributed by atoms with E-state index in [-0.39, 0.29) is 36.4 Å². The average molecular weight is 270 g/mol. The number of amides is 2. The van der Waals surface area contributed by atoms with Crippen molar-refractivity contribution in [1.82, 2.24) is 10.6 Å². The topological polar surface area (TPSA) is 78.4 Å². The maximum atomic E-state index is 11.8. The highest BCUT2D eigenvalue weighted by Gasteiger charge is 2.39. The van der Waals surface area contributed by atoms with Crippen molar-refractivity contribution in [3.63, 3.8) is 0 Å². The minimum atomic E-state index is -0.493. The summed E-state index contributed by atoms with van der Waals surface area (Å²) in [5.41, 5.74) is -0.725. The van der Waals surface area contributed by atoms with Crippen molar-refractivity contribution in [3.8, 4) is 0 Å². The number of carbonyl (C=O) groups excluding carboxylic acids is 2. The van der Waals surface area contributed by atoms with Gasteiger partial charge in [0.15, 0.2) is 0 Å². The molecule has 1 saturated carbocycles. The minimum Gasteiger partial charge on any atom is -0.396 e. The molecular formula is C14H26N2O3. The molecule has 0 bridgehead atoms. The van der Waals surface area contributed by atoms with E-state index in [4.69, 9.17) is 0 Å². The van der Waals surface area contributed by atoms with Gasteiger partial charge in [0.25, 0.3) is 0 Å². The Labute approximate surface area is 115 Å². The summed E-state index contributed by atoms with van der Waals surface area (Å²) in [6, 6.07) is -0.00320. The Bertz CT molecular complexity index is 349. The van der Waals surface area contributed by atoms with Crippen LogP contribution in [0.5, 0.6) is 0 Å². The fraction of sp³-hybridized carbons (Fsp3) is 0.857. The van der Waals surface area contributed by atoms with Crippen molar-refractivity contribution in [1.29, 1.82) is 0 Å². The molecule has 5 nitrogen and oxygen atoms in total. The van der Waals surface area contributed by atoms with Crippen molar-refractivity contribution in [3.05, 3.63) is 0 Å². The maximum absolute atomic E-state index is 11.8. The Hall–Kier alpha value is -1.10. The molecule has 1 aliphatic rings. The Morgan fingerprint density at radius 2 is 2.00 bits per heavy atom. The van der Waals surface area contributed by atoms with E-state index in [2.05, 4.69) is 10.6 Å². The molecule has 0 aromatic heterocycles. The van der Waals surface area contributed by atoms with Crippen LogP contribution in [0.15, 0.2) is 0 Å². The molecule has 19 heavy (non-hydrogen) atoms. The summed E-state index contributed by atoms with van der Waals surface area (Å²) in [6.45, 7) is 7.47. The number of hydrogen-bond acceptors (Lipinski definition) is 3. The van der Waals surface area contributed by atoms with E-state index < -0.39 is 5.41 Å². The van der Waals surface area contributed by atoms with Gasteiger partial charge in [0, 0.05) is 16.9 Å². The molecule has 0 heterocycles. The lowest BCUT2D eigenvalue weighted by atomic mass is 9.86. The lowest BCUT2D eigenvalue weighted by molar-refractivity contribution is -0.131. The van der Waals surface area contributed by atoms with E-state index in [0.29, 0.717) is 0 Å². The van der Waals surface area contributed by atoms with Crippen LogP contribution in [-0.2, 0) is 9.59 Å². The molecule has 0 aliphatic heterocycles. The summed E-state index contributed by atoms with van der Waals surface area (Å²) >= 11 is 0. The zero-order chi connectivity index (χ0) is 14.7. The molecule has 0 radical (unpaired) electrons. The summed E-state index contributed by atoms with van der Waals surface area (Å²) in [5, 5.41) is 15.0. The van der Waals surface area contributed by atoms with Gasteiger partial charge in [-0.25, -0.2) is 0 Å². The third-order valence-corrected chi connectivity index (χ3v) is 3.87. The van der Waals surface area contributed by atoms with Crippen molar-refractivity contribution in [2.45, 2.75) is 53.0 Å². The largest absolute Gasteiger partial charge is 0.396 e. The first-order valence-corrected chi connectivity index (χ1v) is 6.87. The van der Waals surface area contributed by atoms with Gasteiger partial charge in [0.05, 0.1) is 13.2 Å². The van der Waals surface area contributed by atoms with Gasteiger partial charge in [-0.2, -0.15) is 0 Å². The van der Waals surface area contributed by atoms with Crippen LogP contribution in [0.3, 0.4) is 0 Å². The molecule has 1 aliphatic carbocycles. The average Bonchev–Trinajstić information content (AvgIpc) is 2.67. The van der Waals surface area contributed by atoms with Gasteiger partial charge in [-0.1, -0.05) is 34.1 Å². The summed E-state index contributed by atoms with van der Waals surface area (Å²) in [4.78, 5) is 23.5. The summed E-state index contributed by atoms with van der Waals surface area (Å²) in [7, 11) is 0. The Morgan fingerprint density at radius 3 is 2.53 bits per heavy atom. The van der Waals surface area contributed by atoms with E-state index in [9.17, 15) is 14.7 Å². The quantitative estimate of drug-likeness (QED) is 0.707. The second-order valence-corrected chi connectivity index (χ2v) is 6.76. The highest BCUT2D eigenvalue weighted by atomic mass is 16.3. The third-order valence-electron chi connectivity index (χ3n) is 3.87. The Balaban J connectivity index is 2.42. The zero-order valence-electron chi connectivity index (χ0n) is 12.4. The third kappa shape index (κ3) is 4.20. The molecule has 110 valence electrons. The van der Waals surface area contributed by atoms with E-state index in [1.807, 2.05) is 6.92 Å². The van der Waals surface area contributed by atoms with Crippen molar-refractivity contribution >= 4 is 11.8 Å². The fourth-order valence-electron chi connectivity index (χ4n) is 2.34. The molecule has 2 atom stereocenters. The predicted molar refractivity (Wildman–Crippen MR) is 73.4 cm³/mol. The second-order valence-electron chi connectivity index (χ2n) is 6.76. The molecule has 2 unspecified atom stereocenters. The maximum Gasteiger partial charge on any atom is 0.239 e. The number of nitrogens with one attached hydrogen (secondary N) is 2. The van der Waals surface area contributed by atoms with Crippen molar-refractivity contribution in [2.75, 3.05) is 13.2 Å². The number of rotatable bonds is 4. The first-order valence-electron chi connectivity index (χ1n) is 6.87. The molecule has 0 aromatic rings. The van der Waals surface area contributed by atoms with Gasteiger partial charge in [-0.15, -0.1) is 0 Å². The molecule has 0 aromatic carbocycles. The Kier molecular flexibility index (Phi) is 4.96. The van der Waals surface area contributed by atoms with Crippen molar-refractivity contribution < 1.29 is 14.7 Å². The molecule has 2 amide bonds. The van der Waals surface area contributed by atoms with Crippen LogP contribution in [0.1, 0.15) is 47.0 Å². The predicted octanol–water partition coefficient (Wildman–Crippen LogP) is 0.816. The molecule has 0 saturated heterocycles. The first kappa shape index (κ1) is 16.0. The van der Waals surface area contributed by atoms with Crippen LogP contribution in [0.4, 0.5) is 0 Å². The normalized spacial score (nSPS) is 27.1. The SMILES string of the molecule is CC(C)(C)C(=O)NCC(=O)NC1CCCC1(C)CO. The number of hydrogen-bond donors (Lipinski definition) is 3. The number of carbonyl (C=O) groups is 2. The van der Waals surface area contributed by atoms with E-state index >= 15 is 0 Å². The van der Waals surface area contributed by atoms with Crippen LogP contribution in [0.25, 0.3) is 0 Å². The number of aliphatic hydroxyl groups excluding tert-OH is 1. The summed E-state index contributed by atoms with van der Waals surface area (Å²) in [5.74, 6) is -0.330. The smallest absolute Gasteiger partial charge is 0.239 e. The highest BCUT2D eigenvalue weighted by Crippen LogP contribution is 2.37. The standard InChI is InChI=1S/C14H26N2O3/c1-13(2,3)12(19)15-8-11(18)16-10-6-5-7-14(10,4)9-17/h10,17H,5-9H2,1-4H3,(H,15,19)(H,16,18). The lowest BCUT2D eigenvalue weighted by Gasteiger charge is -2.30. The highest BCUT2D eigenvalue weighted by molar-refractivity contribution is 5.87. The summed E-state index contributed by atoms with van der Waals surface area (Å²) in [6.07, 6.45) is 2.81.